The molecule has 2 aromatic carbocycles. The van der Waals surface area contributed by atoms with Crippen molar-refractivity contribution in [3.63, 3.8) is 0 Å². The first-order valence-corrected chi connectivity index (χ1v) is 11.1. The minimum absolute atomic E-state index is 0.000558. The summed E-state index contributed by atoms with van der Waals surface area (Å²) in [5.74, 6) is -0.881. The molecule has 4 rings (SSSR count). The van der Waals surface area contributed by atoms with E-state index in [-0.39, 0.29) is 11.6 Å². The van der Waals surface area contributed by atoms with Crippen LogP contribution in [0, 0.1) is 6.92 Å². The van der Waals surface area contributed by atoms with Crippen LogP contribution in [-0.2, 0) is 12.4 Å². The lowest BCUT2D eigenvalue weighted by molar-refractivity contribution is -0.143. The van der Waals surface area contributed by atoms with Gasteiger partial charge in [0.25, 0.3) is 5.91 Å². The highest BCUT2D eigenvalue weighted by atomic mass is 32.1. The van der Waals surface area contributed by atoms with Crippen molar-refractivity contribution in [3.8, 4) is 0 Å². The Morgan fingerprint density at radius 2 is 1.64 bits per heavy atom. The predicted molar refractivity (Wildman–Crippen MR) is 124 cm³/mol. The van der Waals surface area contributed by atoms with E-state index in [0.717, 1.165) is 5.56 Å². The first-order valence-electron chi connectivity index (χ1n) is 10.2. The lowest BCUT2D eigenvalue weighted by atomic mass is 10.1. The topological polar surface area (TPSA) is 58.1 Å². The maximum Gasteiger partial charge on any atom is 0.416 e. The molecule has 0 saturated carbocycles. The number of aromatic nitrogens is 2. The van der Waals surface area contributed by atoms with Crippen molar-refractivity contribution in [2.75, 3.05) is 10.2 Å². The summed E-state index contributed by atoms with van der Waals surface area (Å²) in [5.41, 5.74) is -1.75. The zero-order valence-corrected chi connectivity index (χ0v) is 19.2. The van der Waals surface area contributed by atoms with Crippen LogP contribution in [0.2, 0.25) is 0 Å². The molecule has 0 atom stereocenters. The number of amides is 1. The largest absolute Gasteiger partial charge is 0.416 e. The number of halogens is 6. The number of pyridine rings is 1. The number of anilines is 4. The zero-order valence-electron chi connectivity index (χ0n) is 18.4. The fourth-order valence-electron chi connectivity index (χ4n) is 3.39. The van der Waals surface area contributed by atoms with Gasteiger partial charge in [-0.2, -0.15) is 26.3 Å². The van der Waals surface area contributed by atoms with Crippen LogP contribution in [0.3, 0.4) is 0 Å². The van der Waals surface area contributed by atoms with Gasteiger partial charge in [0.05, 0.1) is 28.7 Å². The maximum atomic E-state index is 13.2. The molecule has 0 spiro atoms. The van der Waals surface area contributed by atoms with E-state index in [2.05, 4.69) is 15.3 Å². The van der Waals surface area contributed by atoms with Crippen LogP contribution in [0.5, 0.6) is 0 Å². The molecule has 1 N–H and O–H groups in total. The Bertz CT molecular complexity index is 1340. The highest BCUT2D eigenvalue weighted by molar-refractivity contribution is 7.13. The molecule has 0 unspecified atom stereocenters. The summed E-state index contributed by atoms with van der Waals surface area (Å²) in [6.45, 7) is 1.79. The average molecular weight is 522 g/mol. The Morgan fingerprint density at radius 1 is 0.944 bits per heavy atom. The average Bonchev–Trinajstić information content (AvgIpc) is 3.34. The molecule has 1 amide bonds. The number of alkyl halides is 6. The third kappa shape index (κ3) is 5.48. The molecular weight excluding hydrogens is 506 g/mol. The van der Waals surface area contributed by atoms with Gasteiger partial charge in [-0.05, 0) is 55.0 Å². The number of aryl methyl sites for hydroxylation is 1. The van der Waals surface area contributed by atoms with Crippen LogP contribution in [0.1, 0.15) is 27.0 Å². The van der Waals surface area contributed by atoms with E-state index in [1.54, 1.807) is 54.0 Å². The Kier molecular flexibility index (Phi) is 6.72. The Labute approximate surface area is 205 Å². The van der Waals surface area contributed by atoms with Crippen LogP contribution in [0.25, 0.3) is 0 Å². The van der Waals surface area contributed by atoms with Crippen molar-refractivity contribution in [3.05, 3.63) is 94.8 Å². The molecule has 186 valence electrons. The van der Waals surface area contributed by atoms with Gasteiger partial charge >= 0.3 is 12.4 Å². The summed E-state index contributed by atoms with van der Waals surface area (Å²) < 4.78 is 79.1. The van der Waals surface area contributed by atoms with Crippen molar-refractivity contribution < 1.29 is 31.1 Å². The molecule has 5 nitrogen and oxygen atoms in total. The van der Waals surface area contributed by atoms with Crippen molar-refractivity contribution in [1.82, 2.24) is 9.97 Å². The van der Waals surface area contributed by atoms with E-state index in [0.29, 0.717) is 28.6 Å². The summed E-state index contributed by atoms with van der Waals surface area (Å²) in [6, 6.07) is 8.94. The minimum atomic E-state index is -5.03. The van der Waals surface area contributed by atoms with Gasteiger partial charge in [0.15, 0.2) is 5.13 Å². The van der Waals surface area contributed by atoms with E-state index in [4.69, 9.17) is 0 Å². The second kappa shape index (κ2) is 9.61. The van der Waals surface area contributed by atoms with E-state index in [9.17, 15) is 31.1 Å². The number of nitrogens with zero attached hydrogens (tertiary/aromatic N) is 3. The molecule has 4 aromatic rings. The van der Waals surface area contributed by atoms with E-state index < -0.39 is 35.1 Å². The normalized spacial score (nSPS) is 11.9. The van der Waals surface area contributed by atoms with E-state index in [1.165, 1.54) is 23.5 Å². The first kappa shape index (κ1) is 25.2. The van der Waals surface area contributed by atoms with E-state index >= 15 is 0 Å². The van der Waals surface area contributed by atoms with Crippen molar-refractivity contribution in [2.45, 2.75) is 19.3 Å². The van der Waals surface area contributed by atoms with Crippen molar-refractivity contribution >= 4 is 39.4 Å². The lowest BCUT2D eigenvalue weighted by Gasteiger charge is -2.24. The number of rotatable bonds is 5. The fraction of sp³-hybridized carbons (Fsp3) is 0.125. The van der Waals surface area contributed by atoms with Gasteiger partial charge in [0.2, 0.25) is 0 Å². The van der Waals surface area contributed by atoms with Crippen molar-refractivity contribution in [2.24, 2.45) is 0 Å². The number of thiazole rings is 1. The van der Waals surface area contributed by atoms with Crippen LogP contribution >= 0.6 is 11.3 Å². The second-order valence-corrected chi connectivity index (χ2v) is 8.48. The smallest absolute Gasteiger partial charge is 0.322 e. The molecule has 12 heteroatoms. The summed E-state index contributed by atoms with van der Waals surface area (Å²) in [7, 11) is 0. The molecular formula is C24H16F6N4OS. The maximum absolute atomic E-state index is 13.2. The quantitative estimate of drug-likeness (QED) is 0.274. The third-order valence-electron chi connectivity index (χ3n) is 5.07. The molecule has 0 aliphatic heterocycles. The molecule has 0 saturated heterocycles. The van der Waals surface area contributed by atoms with Crippen LogP contribution in [0.15, 0.2) is 72.5 Å². The van der Waals surface area contributed by atoms with Crippen LogP contribution < -0.4 is 10.2 Å². The SMILES string of the molecule is Cc1ccc(C(=O)Nc2cc(C(F)(F)F)cc(C(F)(F)F)c2)cc1N(c1cccnc1)c1nccs1. The number of hydrogen-bond donors (Lipinski definition) is 1. The molecule has 36 heavy (non-hydrogen) atoms. The third-order valence-corrected chi connectivity index (χ3v) is 5.83. The number of nitrogens with one attached hydrogen (secondary N) is 1. The molecule has 2 heterocycles. The monoisotopic (exact) mass is 522 g/mol. The minimum Gasteiger partial charge on any atom is -0.322 e. The Morgan fingerprint density at radius 3 is 2.19 bits per heavy atom. The van der Waals surface area contributed by atoms with Gasteiger partial charge in [-0.1, -0.05) is 6.07 Å². The Balaban J connectivity index is 1.72. The first-order chi connectivity index (χ1) is 16.9. The summed E-state index contributed by atoms with van der Waals surface area (Å²) in [6.07, 6.45) is -5.29. The summed E-state index contributed by atoms with van der Waals surface area (Å²) in [4.78, 5) is 23.1. The lowest BCUT2D eigenvalue weighted by Crippen LogP contribution is -2.17. The molecule has 0 bridgehead atoms. The summed E-state index contributed by atoms with van der Waals surface area (Å²) >= 11 is 1.33. The van der Waals surface area contributed by atoms with Gasteiger partial charge in [0, 0.05) is 29.0 Å². The highest BCUT2D eigenvalue weighted by Gasteiger charge is 2.37. The van der Waals surface area contributed by atoms with Crippen molar-refractivity contribution in [1.29, 1.82) is 0 Å². The van der Waals surface area contributed by atoms with Crippen LogP contribution in [0.4, 0.5) is 48.5 Å². The number of carbonyl (C=O) groups is 1. The fourth-order valence-corrected chi connectivity index (χ4v) is 4.06. The molecule has 0 aliphatic rings. The predicted octanol–water partition coefficient (Wildman–Crippen LogP) is 7.61. The van der Waals surface area contributed by atoms with Gasteiger partial charge in [-0.25, -0.2) is 4.98 Å². The Hall–Kier alpha value is -3.93. The van der Waals surface area contributed by atoms with Gasteiger partial charge < -0.3 is 5.32 Å². The highest BCUT2D eigenvalue weighted by Crippen LogP contribution is 2.39. The van der Waals surface area contributed by atoms with E-state index in [1.807, 2.05) is 0 Å². The second-order valence-electron chi connectivity index (χ2n) is 7.61. The van der Waals surface area contributed by atoms with Gasteiger partial charge in [-0.3, -0.25) is 14.7 Å². The molecule has 0 fully saturated rings. The number of benzene rings is 2. The zero-order chi connectivity index (χ0) is 26.1. The van der Waals surface area contributed by atoms with Gasteiger partial charge in [0.1, 0.15) is 0 Å². The molecule has 0 aliphatic carbocycles. The summed E-state index contributed by atoms with van der Waals surface area (Å²) in [5, 5.41) is 4.49. The standard InChI is InChI=1S/C24H16F6N4OS/c1-14-4-5-15(9-20(14)34(22-32-7-8-36-22)19-3-2-6-31-13-19)21(35)33-18-11-16(23(25,26)27)10-17(12-18)24(28,29)30/h2-13H,1H3,(H,33,35). The molecule has 2 aromatic heterocycles. The number of hydrogen-bond acceptors (Lipinski definition) is 5. The van der Waals surface area contributed by atoms with Crippen LogP contribution in [-0.4, -0.2) is 15.9 Å². The van der Waals surface area contributed by atoms with Gasteiger partial charge in [-0.15, -0.1) is 11.3 Å². The molecule has 0 radical (unpaired) electrons. The number of carbonyl (C=O) groups excluding carboxylic acids is 1.